The zero-order valence-corrected chi connectivity index (χ0v) is 13.7. The first-order valence-electron chi connectivity index (χ1n) is 8.06. The number of imidazole rings is 1. The van der Waals surface area contributed by atoms with E-state index in [4.69, 9.17) is 0 Å². The molecule has 0 spiro atoms. The highest BCUT2D eigenvalue weighted by Gasteiger charge is 2.22. The van der Waals surface area contributed by atoms with Gasteiger partial charge in [0.2, 0.25) is 0 Å². The molecule has 3 aromatic rings. The van der Waals surface area contributed by atoms with Crippen LogP contribution >= 0.6 is 0 Å². The van der Waals surface area contributed by atoms with Crippen molar-refractivity contribution in [3.05, 3.63) is 72.3 Å². The Morgan fingerprint density at radius 3 is 2.83 bits per heavy atom. The van der Waals surface area contributed by atoms with E-state index in [1.165, 1.54) is 0 Å². The molecule has 0 fully saturated rings. The van der Waals surface area contributed by atoms with Gasteiger partial charge in [-0.15, -0.1) is 0 Å². The summed E-state index contributed by atoms with van der Waals surface area (Å²) in [7, 11) is 0. The van der Waals surface area contributed by atoms with Gasteiger partial charge >= 0.3 is 0 Å². The van der Waals surface area contributed by atoms with E-state index in [1.54, 1.807) is 18.6 Å². The summed E-state index contributed by atoms with van der Waals surface area (Å²) in [4.78, 5) is 18.9. The SMILES string of the molecule is CC(CCO)N(Cc1ccccc1)C(=O)c1ccn2cncc2c1. The Morgan fingerprint density at radius 2 is 2.08 bits per heavy atom. The number of aliphatic hydroxyl groups is 1. The topological polar surface area (TPSA) is 57.8 Å². The fourth-order valence-corrected chi connectivity index (χ4v) is 2.77. The molecule has 1 amide bonds. The van der Waals surface area contributed by atoms with E-state index in [0.29, 0.717) is 18.5 Å². The first kappa shape index (κ1) is 16.2. The zero-order chi connectivity index (χ0) is 16.9. The summed E-state index contributed by atoms with van der Waals surface area (Å²) in [6.07, 6.45) is 5.83. The smallest absolute Gasteiger partial charge is 0.254 e. The molecule has 0 aliphatic carbocycles. The van der Waals surface area contributed by atoms with E-state index in [1.807, 2.05) is 58.8 Å². The van der Waals surface area contributed by atoms with E-state index in [9.17, 15) is 9.90 Å². The summed E-state index contributed by atoms with van der Waals surface area (Å²) in [5.41, 5.74) is 2.58. The molecule has 0 aliphatic rings. The molecule has 0 radical (unpaired) electrons. The van der Waals surface area contributed by atoms with Crippen LogP contribution in [-0.2, 0) is 6.54 Å². The van der Waals surface area contributed by atoms with Crippen molar-refractivity contribution < 1.29 is 9.90 Å². The lowest BCUT2D eigenvalue weighted by Crippen LogP contribution is -2.38. The summed E-state index contributed by atoms with van der Waals surface area (Å²) in [5, 5.41) is 9.27. The van der Waals surface area contributed by atoms with Crippen molar-refractivity contribution >= 4 is 11.4 Å². The van der Waals surface area contributed by atoms with Crippen LogP contribution in [0.3, 0.4) is 0 Å². The molecule has 5 heteroatoms. The van der Waals surface area contributed by atoms with Gasteiger partial charge in [0.05, 0.1) is 18.0 Å². The Morgan fingerprint density at radius 1 is 1.29 bits per heavy atom. The maximum absolute atomic E-state index is 13.0. The van der Waals surface area contributed by atoms with E-state index in [2.05, 4.69) is 4.98 Å². The lowest BCUT2D eigenvalue weighted by Gasteiger charge is -2.29. The molecular formula is C19H21N3O2. The molecule has 1 aromatic carbocycles. The molecule has 1 unspecified atom stereocenters. The number of pyridine rings is 1. The number of aromatic nitrogens is 2. The lowest BCUT2D eigenvalue weighted by molar-refractivity contribution is 0.0648. The number of fused-ring (bicyclic) bond motifs is 1. The Hall–Kier alpha value is -2.66. The number of amides is 1. The second kappa shape index (κ2) is 7.27. The number of carbonyl (C=O) groups is 1. The fraction of sp³-hybridized carbons (Fsp3) is 0.263. The van der Waals surface area contributed by atoms with Crippen molar-refractivity contribution in [1.82, 2.24) is 14.3 Å². The summed E-state index contributed by atoms with van der Waals surface area (Å²) in [5.74, 6) is -0.0384. The minimum Gasteiger partial charge on any atom is -0.396 e. The van der Waals surface area contributed by atoms with Crippen LogP contribution in [0.2, 0.25) is 0 Å². The second-order valence-corrected chi connectivity index (χ2v) is 5.92. The third-order valence-electron chi connectivity index (χ3n) is 4.20. The molecule has 0 bridgehead atoms. The van der Waals surface area contributed by atoms with Crippen LogP contribution in [0.4, 0.5) is 0 Å². The molecule has 124 valence electrons. The van der Waals surface area contributed by atoms with Gasteiger partial charge in [0.15, 0.2) is 0 Å². The van der Waals surface area contributed by atoms with Crippen molar-refractivity contribution in [2.75, 3.05) is 6.61 Å². The summed E-state index contributed by atoms with van der Waals surface area (Å²) in [6.45, 7) is 2.54. The van der Waals surface area contributed by atoms with Crippen molar-refractivity contribution in [2.45, 2.75) is 25.9 Å². The Bertz CT molecular complexity index is 814. The van der Waals surface area contributed by atoms with Crippen molar-refractivity contribution in [3.63, 3.8) is 0 Å². The van der Waals surface area contributed by atoms with Crippen LogP contribution in [0, 0.1) is 0 Å². The largest absolute Gasteiger partial charge is 0.396 e. The third kappa shape index (κ3) is 3.46. The summed E-state index contributed by atoms with van der Waals surface area (Å²) >= 11 is 0. The van der Waals surface area contributed by atoms with E-state index >= 15 is 0 Å². The molecule has 3 rings (SSSR count). The Balaban J connectivity index is 1.89. The quantitative estimate of drug-likeness (QED) is 0.759. The van der Waals surface area contributed by atoms with E-state index < -0.39 is 0 Å². The molecular weight excluding hydrogens is 302 g/mol. The van der Waals surface area contributed by atoms with E-state index in [0.717, 1.165) is 11.1 Å². The van der Waals surface area contributed by atoms with Crippen molar-refractivity contribution in [3.8, 4) is 0 Å². The van der Waals surface area contributed by atoms with Gasteiger partial charge in [0.1, 0.15) is 0 Å². The molecule has 2 heterocycles. The molecule has 1 N–H and O–H groups in total. The Labute approximate surface area is 141 Å². The number of hydrogen-bond donors (Lipinski definition) is 1. The maximum atomic E-state index is 13.0. The first-order chi connectivity index (χ1) is 11.7. The number of aliphatic hydroxyl groups excluding tert-OH is 1. The molecule has 0 saturated heterocycles. The van der Waals surface area contributed by atoms with Crippen LogP contribution in [0.1, 0.15) is 29.3 Å². The standard InChI is InChI=1S/C19H21N3O2/c1-15(8-10-23)22(13-16-5-3-2-4-6-16)19(24)17-7-9-21-14-20-12-18(21)11-17/h2-7,9,11-12,14-15,23H,8,10,13H2,1H3. The molecule has 0 saturated carbocycles. The van der Waals surface area contributed by atoms with Crippen molar-refractivity contribution in [2.24, 2.45) is 0 Å². The highest BCUT2D eigenvalue weighted by Crippen LogP contribution is 2.16. The van der Waals surface area contributed by atoms with Crippen LogP contribution in [-0.4, -0.2) is 37.9 Å². The molecule has 5 nitrogen and oxygen atoms in total. The predicted octanol–water partition coefficient (Wildman–Crippen LogP) is 2.75. The number of hydrogen-bond acceptors (Lipinski definition) is 3. The average molecular weight is 323 g/mol. The van der Waals surface area contributed by atoms with Crippen LogP contribution in [0.5, 0.6) is 0 Å². The first-order valence-corrected chi connectivity index (χ1v) is 8.06. The monoisotopic (exact) mass is 323 g/mol. The van der Waals surface area contributed by atoms with Gasteiger partial charge in [-0.05, 0) is 31.0 Å². The van der Waals surface area contributed by atoms with Gasteiger partial charge < -0.3 is 14.4 Å². The predicted molar refractivity (Wildman–Crippen MR) is 92.7 cm³/mol. The number of nitrogens with zero attached hydrogens (tertiary/aromatic N) is 3. The molecule has 1 atom stereocenters. The van der Waals surface area contributed by atoms with Crippen molar-refractivity contribution in [1.29, 1.82) is 0 Å². The highest BCUT2D eigenvalue weighted by molar-refractivity contribution is 5.95. The average Bonchev–Trinajstić information content (AvgIpc) is 3.08. The van der Waals surface area contributed by atoms with Crippen LogP contribution in [0.25, 0.3) is 5.52 Å². The second-order valence-electron chi connectivity index (χ2n) is 5.92. The van der Waals surface area contributed by atoms with Crippen LogP contribution < -0.4 is 0 Å². The highest BCUT2D eigenvalue weighted by atomic mass is 16.3. The summed E-state index contributed by atoms with van der Waals surface area (Å²) < 4.78 is 1.87. The molecule has 0 aliphatic heterocycles. The normalized spacial score (nSPS) is 12.2. The Kier molecular flexibility index (Phi) is 4.91. The minimum atomic E-state index is -0.0520. The van der Waals surface area contributed by atoms with Gasteiger partial charge in [-0.1, -0.05) is 30.3 Å². The molecule has 2 aromatic heterocycles. The van der Waals surface area contributed by atoms with Gasteiger partial charge in [0.25, 0.3) is 5.91 Å². The number of rotatable bonds is 6. The maximum Gasteiger partial charge on any atom is 0.254 e. The molecule has 24 heavy (non-hydrogen) atoms. The third-order valence-corrected chi connectivity index (χ3v) is 4.20. The van der Waals surface area contributed by atoms with Crippen LogP contribution in [0.15, 0.2) is 61.2 Å². The zero-order valence-electron chi connectivity index (χ0n) is 13.7. The van der Waals surface area contributed by atoms with E-state index in [-0.39, 0.29) is 18.6 Å². The summed E-state index contributed by atoms with van der Waals surface area (Å²) in [6, 6.07) is 13.5. The van der Waals surface area contributed by atoms with Gasteiger partial charge in [-0.2, -0.15) is 0 Å². The fourth-order valence-electron chi connectivity index (χ4n) is 2.77. The van der Waals surface area contributed by atoms with Gasteiger partial charge in [0, 0.05) is 31.0 Å². The lowest BCUT2D eigenvalue weighted by atomic mass is 10.1. The minimum absolute atomic E-state index is 0.0384. The van der Waals surface area contributed by atoms with Gasteiger partial charge in [-0.3, -0.25) is 4.79 Å². The number of benzene rings is 1. The van der Waals surface area contributed by atoms with Gasteiger partial charge in [-0.25, -0.2) is 4.98 Å². The number of carbonyl (C=O) groups excluding carboxylic acids is 1.